The molecule has 1 aromatic carbocycles. The van der Waals surface area contributed by atoms with Gasteiger partial charge in [-0.05, 0) is 36.6 Å². The van der Waals surface area contributed by atoms with Crippen LogP contribution in [0, 0.1) is 6.92 Å². The summed E-state index contributed by atoms with van der Waals surface area (Å²) in [6.45, 7) is 10.3. The summed E-state index contributed by atoms with van der Waals surface area (Å²) in [6.07, 6.45) is 3.04. The maximum Gasteiger partial charge on any atom is 0.0571 e. The van der Waals surface area contributed by atoms with E-state index in [1.807, 2.05) is 12.3 Å². The molecule has 2 aromatic rings. The van der Waals surface area contributed by atoms with Crippen LogP contribution in [0.3, 0.4) is 0 Å². The average molecular weight is 306 g/mol. The number of benzene rings is 1. The molecule has 0 spiro atoms. The van der Waals surface area contributed by atoms with E-state index in [-0.39, 0.29) is 0 Å². The summed E-state index contributed by atoms with van der Waals surface area (Å²) in [7, 11) is 0. The van der Waals surface area contributed by atoms with Crippen molar-refractivity contribution >= 4 is 11.6 Å². The fourth-order valence-corrected chi connectivity index (χ4v) is 2.54. The molecule has 0 aliphatic heterocycles. The van der Waals surface area contributed by atoms with Crippen LogP contribution in [0.2, 0.25) is 5.02 Å². The predicted octanol–water partition coefficient (Wildman–Crippen LogP) is 4.42. The van der Waals surface area contributed by atoms with Crippen molar-refractivity contribution in [3.05, 3.63) is 40.7 Å². The van der Waals surface area contributed by atoms with Crippen LogP contribution in [0.5, 0.6) is 0 Å². The van der Waals surface area contributed by atoms with Gasteiger partial charge >= 0.3 is 0 Å². The lowest BCUT2D eigenvalue weighted by Crippen LogP contribution is -2.21. The molecule has 0 amide bonds. The van der Waals surface area contributed by atoms with Crippen LogP contribution in [0.4, 0.5) is 0 Å². The number of rotatable bonds is 6. The summed E-state index contributed by atoms with van der Waals surface area (Å²) >= 11 is 6.30. The lowest BCUT2D eigenvalue weighted by Gasteiger charge is -2.11. The molecule has 0 saturated heterocycles. The second-order valence-electron chi connectivity index (χ2n) is 5.71. The minimum atomic E-state index is 0.443. The van der Waals surface area contributed by atoms with Crippen LogP contribution in [0.25, 0.3) is 11.1 Å². The molecule has 0 fully saturated rings. The summed E-state index contributed by atoms with van der Waals surface area (Å²) in [5.41, 5.74) is 4.71. The van der Waals surface area contributed by atoms with E-state index in [0.717, 1.165) is 30.1 Å². The number of hydrogen-bond donors (Lipinski definition) is 1. The van der Waals surface area contributed by atoms with E-state index in [4.69, 9.17) is 11.6 Å². The molecule has 1 heterocycles. The fourth-order valence-electron chi connectivity index (χ4n) is 2.36. The van der Waals surface area contributed by atoms with Crippen molar-refractivity contribution in [2.24, 2.45) is 0 Å². The van der Waals surface area contributed by atoms with Gasteiger partial charge in [0.1, 0.15) is 0 Å². The minimum Gasteiger partial charge on any atom is -0.310 e. The molecule has 1 N–H and O–H groups in total. The van der Waals surface area contributed by atoms with E-state index >= 15 is 0 Å². The molecule has 0 unspecified atom stereocenters. The van der Waals surface area contributed by atoms with E-state index in [1.165, 1.54) is 16.8 Å². The first kappa shape index (κ1) is 16.1. The van der Waals surface area contributed by atoms with Crippen LogP contribution in [0.1, 0.15) is 38.4 Å². The molecule has 0 aliphatic carbocycles. The van der Waals surface area contributed by atoms with Gasteiger partial charge in [0.2, 0.25) is 0 Å². The molecule has 3 nitrogen and oxygen atoms in total. The van der Waals surface area contributed by atoms with Crippen molar-refractivity contribution in [1.29, 1.82) is 0 Å². The van der Waals surface area contributed by atoms with Crippen molar-refractivity contribution in [2.75, 3.05) is 0 Å². The minimum absolute atomic E-state index is 0.443. The zero-order valence-corrected chi connectivity index (χ0v) is 14.0. The van der Waals surface area contributed by atoms with Crippen LogP contribution in [-0.4, -0.2) is 15.8 Å². The lowest BCUT2D eigenvalue weighted by atomic mass is 10.0. The van der Waals surface area contributed by atoms with E-state index in [2.05, 4.69) is 54.9 Å². The largest absolute Gasteiger partial charge is 0.310 e. The van der Waals surface area contributed by atoms with Crippen molar-refractivity contribution < 1.29 is 0 Å². The Morgan fingerprint density at radius 3 is 2.76 bits per heavy atom. The third kappa shape index (κ3) is 3.86. The highest BCUT2D eigenvalue weighted by Gasteiger charge is 2.10. The summed E-state index contributed by atoms with van der Waals surface area (Å²) in [5, 5.41) is 8.70. The third-order valence-corrected chi connectivity index (χ3v) is 3.96. The van der Waals surface area contributed by atoms with Gasteiger partial charge in [-0.2, -0.15) is 5.10 Å². The Morgan fingerprint density at radius 1 is 1.33 bits per heavy atom. The molecule has 0 radical (unpaired) electrons. The van der Waals surface area contributed by atoms with Gasteiger partial charge in [-0.25, -0.2) is 0 Å². The first-order valence-corrected chi connectivity index (χ1v) is 7.95. The van der Waals surface area contributed by atoms with Crippen LogP contribution in [0.15, 0.2) is 24.4 Å². The van der Waals surface area contributed by atoms with Crippen molar-refractivity contribution in [2.45, 2.75) is 53.2 Å². The molecular weight excluding hydrogens is 282 g/mol. The molecule has 114 valence electrons. The molecule has 0 atom stereocenters. The van der Waals surface area contributed by atoms with Gasteiger partial charge < -0.3 is 5.32 Å². The lowest BCUT2D eigenvalue weighted by molar-refractivity contribution is 0.587. The predicted molar refractivity (Wildman–Crippen MR) is 89.7 cm³/mol. The SMILES string of the molecule is CCCn1ncc(-c2ccc(Cl)c(CNC(C)C)c2)c1C. The maximum atomic E-state index is 6.30. The maximum absolute atomic E-state index is 6.30. The Balaban J connectivity index is 2.30. The van der Waals surface area contributed by atoms with Gasteiger partial charge in [-0.15, -0.1) is 0 Å². The fraction of sp³-hybridized carbons (Fsp3) is 0.471. The first-order chi connectivity index (χ1) is 10.0. The zero-order chi connectivity index (χ0) is 15.4. The van der Waals surface area contributed by atoms with Crippen molar-refractivity contribution in [1.82, 2.24) is 15.1 Å². The number of hydrogen-bond acceptors (Lipinski definition) is 2. The second-order valence-corrected chi connectivity index (χ2v) is 6.12. The van der Waals surface area contributed by atoms with Crippen molar-refractivity contribution in [3.63, 3.8) is 0 Å². The van der Waals surface area contributed by atoms with E-state index in [9.17, 15) is 0 Å². The Labute approximate surface area is 132 Å². The quantitative estimate of drug-likeness (QED) is 0.856. The summed E-state index contributed by atoms with van der Waals surface area (Å²) < 4.78 is 2.07. The summed E-state index contributed by atoms with van der Waals surface area (Å²) in [5.74, 6) is 0. The highest BCUT2D eigenvalue weighted by Crippen LogP contribution is 2.27. The molecule has 0 saturated carbocycles. The molecular formula is C17H24ClN3. The second kappa shape index (κ2) is 7.10. The Morgan fingerprint density at radius 2 is 2.10 bits per heavy atom. The monoisotopic (exact) mass is 305 g/mol. The molecule has 0 bridgehead atoms. The molecule has 1 aromatic heterocycles. The zero-order valence-electron chi connectivity index (χ0n) is 13.3. The van der Waals surface area contributed by atoms with E-state index in [0.29, 0.717) is 6.04 Å². The highest BCUT2D eigenvalue weighted by atomic mass is 35.5. The molecule has 0 aliphatic rings. The average Bonchev–Trinajstić information content (AvgIpc) is 2.80. The number of halogens is 1. The third-order valence-electron chi connectivity index (χ3n) is 3.60. The Kier molecular flexibility index (Phi) is 5.43. The van der Waals surface area contributed by atoms with Gasteiger partial charge in [0, 0.05) is 35.4 Å². The summed E-state index contributed by atoms with van der Waals surface area (Å²) in [6, 6.07) is 6.66. The highest BCUT2D eigenvalue weighted by molar-refractivity contribution is 6.31. The van der Waals surface area contributed by atoms with E-state index < -0.39 is 0 Å². The standard InChI is InChI=1S/C17H24ClN3/c1-5-8-21-13(4)16(11-20-21)14-6-7-17(18)15(9-14)10-19-12(2)3/h6-7,9,11-12,19H,5,8,10H2,1-4H3. The van der Waals surface area contributed by atoms with Gasteiger partial charge in [0.05, 0.1) is 6.20 Å². The van der Waals surface area contributed by atoms with Gasteiger partial charge in [-0.3, -0.25) is 4.68 Å². The normalized spacial score (nSPS) is 11.3. The molecule has 4 heteroatoms. The van der Waals surface area contributed by atoms with Crippen LogP contribution >= 0.6 is 11.6 Å². The van der Waals surface area contributed by atoms with Gasteiger partial charge in [0.15, 0.2) is 0 Å². The Hall–Kier alpha value is -1.32. The van der Waals surface area contributed by atoms with Gasteiger partial charge in [0.25, 0.3) is 0 Å². The number of aryl methyl sites for hydroxylation is 1. The summed E-state index contributed by atoms with van der Waals surface area (Å²) in [4.78, 5) is 0. The number of aromatic nitrogens is 2. The van der Waals surface area contributed by atoms with Crippen molar-refractivity contribution in [3.8, 4) is 11.1 Å². The van der Waals surface area contributed by atoms with E-state index in [1.54, 1.807) is 0 Å². The first-order valence-electron chi connectivity index (χ1n) is 7.57. The smallest absolute Gasteiger partial charge is 0.0571 e. The Bertz CT molecular complexity index is 602. The van der Waals surface area contributed by atoms with Crippen LogP contribution < -0.4 is 5.32 Å². The van der Waals surface area contributed by atoms with Crippen LogP contribution in [-0.2, 0) is 13.1 Å². The number of nitrogens with one attached hydrogen (secondary N) is 1. The molecule has 2 rings (SSSR count). The number of nitrogens with zero attached hydrogens (tertiary/aromatic N) is 2. The topological polar surface area (TPSA) is 29.9 Å². The van der Waals surface area contributed by atoms with Gasteiger partial charge in [-0.1, -0.05) is 38.4 Å². The molecule has 21 heavy (non-hydrogen) atoms.